The molecule has 4 rings (SSSR count). The SMILES string of the molecule is CC1CCN(c2ncnc(N3CCc4ccccc4C3)c2N)CC1. The van der Waals surface area contributed by atoms with Crippen LogP contribution >= 0.6 is 0 Å². The Hall–Kier alpha value is -2.30. The van der Waals surface area contributed by atoms with E-state index in [4.69, 9.17) is 5.73 Å². The van der Waals surface area contributed by atoms with Crippen molar-refractivity contribution >= 4 is 17.3 Å². The van der Waals surface area contributed by atoms with Crippen molar-refractivity contribution in [3.63, 3.8) is 0 Å². The van der Waals surface area contributed by atoms with Gasteiger partial charge in [-0.2, -0.15) is 0 Å². The Morgan fingerprint density at radius 1 is 0.958 bits per heavy atom. The first kappa shape index (κ1) is 15.2. The van der Waals surface area contributed by atoms with Crippen LogP contribution in [0.2, 0.25) is 0 Å². The molecule has 24 heavy (non-hydrogen) atoms. The molecule has 5 heteroatoms. The number of anilines is 3. The summed E-state index contributed by atoms with van der Waals surface area (Å²) in [6.45, 7) is 6.20. The lowest BCUT2D eigenvalue weighted by molar-refractivity contribution is 0.437. The molecule has 126 valence electrons. The van der Waals surface area contributed by atoms with Crippen molar-refractivity contribution in [3.8, 4) is 0 Å². The third kappa shape index (κ3) is 2.79. The van der Waals surface area contributed by atoms with Gasteiger partial charge in [0.05, 0.1) is 0 Å². The van der Waals surface area contributed by atoms with E-state index in [0.29, 0.717) is 0 Å². The van der Waals surface area contributed by atoms with Crippen LogP contribution < -0.4 is 15.5 Å². The van der Waals surface area contributed by atoms with Gasteiger partial charge in [0.15, 0.2) is 11.6 Å². The molecule has 0 amide bonds. The van der Waals surface area contributed by atoms with Gasteiger partial charge in [-0.05, 0) is 36.3 Å². The molecular weight excluding hydrogens is 298 g/mol. The number of nitrogens with zero attached hydrogens (tertiary/aromatic N) is 4. The summed E-state index contributed by atoms with van der Waals surface area (Å²) in [6, 6.07) is 8.64. The first-order valence-electron chi connectivity index (χ1n) is 8.89. The van der Waals surface area contributed by atoms with Gasteiger partial charge in [0.25, 0.3) is 0 Å². The third-order valence-electron chi connectivity index (χ3n) is 5.36. The number of nitrogens with two attached hydrogens (primary N) is 1. The summed E-state index contributed by atoms with van der Waals surface area (Å²) in [7, 11) is 0. The summed E-state index contributed by atoms with van der Waals surface area (Å²) in [6.07, 6.45) is 5.11. The monoisotopic (exact) mass is 323 g/mol. The number of hydrogen-bond donors (Lipinski definition) is 1. The normalized spacial score (nSPS) is 18.5. The zero-order valence-corrected chi connectivity index (χ0v) is 14.3. The van der Waals surface area contributed by atoms with Crippen molar-refractivity contribution in [2.75, 3.05) is 35.2 Å². The van der Waals surface area contributed by atoms with Crippen LogP contribution in [0.5, 0.6) is 0 Å². The highest BCUT2D eigenvalue weighted by Crippen LogP contribution is 2.33. The molecule has 0 saturated carbocycles. The Morgan fingerprint density at radius 3 is 2.38 bits per heavy atom. The van der Waals surface area contributed by atoms with Crippen LogP contribution in [0.15, 0.2) is 30.6 Å². The molecule has 1 aromatic heterocycles. The van der Waals surface area contributed by atoms with Crippen LogP contribution in [-0.4, -0.2) is 29.6 Å². The van der Waals surface area contributed by atoms with Crippen molar-refractivity contribution in [2.45, 2.75) is 32.7 Å². The Morgan fingerprint density at radius 2 is 1.62 bits per heavy atom. The number of hydrogen-bond acceptors (Lipinski definition) is 5. The summed E-state index contributed by atoms with van der Waals surface area (Å²) >= 11 is 0. The summed E-state index contributed by atoms with van der Waals surface area (Å²) in [5.74, 6) is 2.58. The van der Waals surface area contributed by atoms with Crippen molar-refractivity contribution < 1.29 is 0 Å². The van der Waals surface area contributed by atoms with Gasteiger partial charge in [-0.1, -0.05) is 31.2 Å². The van der Waals surface area contributed by atoms with E-state index in [1.165, 1.54) is 24.0 Å². The molecule has 2 aromatic rings. The Labute approximate surface area is 143 Å². The highest BCUT2D eigenvalue weighted by Gasteiger charge is 2.24. The standard InChI is InChI=1S/C19H25N5/c1-14-6-9-23(10-7-14)18-17(20)19(22-13-21-18)24-11-8-15-4-2-3-5-16(15)12-24/h2-5,13-14H,6-12,20H2,1H3. The van der Waals surface area contributed by atoms with E-state index in [-0.39, 0.29) is 0 Å². The van der Waals surface area contributed by atoms with E-state index < -0.39 is 0 Å². The zero-order chi connectivity index (χ0) is 16.5. The molecule has 3 heterocycles. The molecule has 2 aliphatic rings. The highest BCUT2D eigenvalue weighted by molar-refractivity contribution is 5.76. The summed E-state index contributed by atoms with van der Waals surface area (Å²) < 4.78 is 0. The number of aromatic nitrogens is 2. The zero-order valence-electron chi connectivity index (χ0n) is 14.3. The predicted molar refractivity (Wildman–Crippen MR) is 98.3 cm³/mol. The fourth-order valence-electron chi connectivity index (χ4n) is 3.78. The number of piperidine rings is 1. The predicted octanol–water partition coefficient (Wildman–Crippen LogP) is 2.86. The van der Waals surface area contributed by atoms with Gasteiger partial charge in [-0.3, -0.25) is 0 Å². The molecule has 0 aliphatic carbocycles. The maximum atomic E-state index is 6.49. The van der Waals surface area contributed by atoms with Gasteiger partial charge in [-0.25, -0.2) is 9.97 Å². The highest BCUT2D eigenvalue weighted by atomic mass is 15.3. The molecule has 0 unspecified atom stereocenters. The molecule has 0 bridgehead atoms. The quantitative estimate of drug-likeness (QED) is 0.921. The van der Waals surface area contributed by atoms with E-state index in [2.05, 4.69) is 51.0 Å². The minimum absolute atomic E-state index is 0.728. The van der Waals surface area contributed by atoms with Gasteiger partial charge in [0, 0.05) is 26.2 Å². The van der Waals surface area contributed by atoms with Gasteiger partial charge in [0.2, 0.25) is 0 Å². The van der Waals surface area contributed by atoms with Crippen molar-refractivity contribution in [3.05, 3.63) is 41.7 Å². The van der Waals surface area contributed by atoms with E-state index in [1.807, 2.05) is 0 Å². The van der Waals surface area contributed by atoms with Crippen LogP contribution in [-0.2, 0) is 13.0 Å². The maximum Gasteiger partial charge on any atom is 0.157 e. The lowest BCUT2D eigenvalue weighted by Crippen LogP contribution is -2.35. The lowest BCUT2D eigenvalue weighted by atomic mass is 9.99. The second-order valence-electron chi connectivity index (χ2n) is 7.04. The van der Waals surface area contributed by atoms with Crippen LogP contribution in [0.25, 0.3) is 0 Å². The smallest absolute Gasteiger partial charge is 0.157 e. The Balaban J connectivity index is 1.59. The van der Waals surface area contributed by atoms with Crippen molar-refractivity contribution in [2.24, 2.45) is 5.92 Å². The van der Waals surface area contributed by atoms with Crippen LogP contribution in [0, 0.1) is 5.92 Å². The maximum absolute atomic E-state index is 6.49. The van der Waals surface area contributed by atoms with Crippen molar-refractivity contribution in [1.82, 2.24) is 9.97 Å². The molecule has 0 radical (unpaired) electrons. The first-order chi connectivity index (χ1) is 11.7. The number of fused-ring (bicyclic) bond motifs is 1. The molecule has 1 aromatic carbocycles. The second kappa shape index (κ2) is 6.30. The Bertz CT molecular complexity index is 721. The molecule has 1 fully saturated rings. The summed E-state index contributed by atoms with van der Waals surface area (Å²) in [5, 5.41) is 0. The minimum atomic E-state index is 0.728. The molecule has 1 saturated heterocycles. The summed E-state index contributed by atoms with van der Waals surface area (Å²) in [5.41, 5.74) is 10.0. The number of benzene rings is 1. The van der Waals surface area contributed by atoms with Crippen molar-refractivity contribution in [1.29, 1.82) is 0 Å². The minimum Gasteiger partial charge on any atom is -0.393 e. The fourth-order valence-corrected chi connectivity index (χ4v) is 3.78. The number of nitrogen functional groups attached to an aromatic ring is 1. The van der Waals surface area contributed by atoms with E-state index in [0.717, 1.165) is 55.8 Å². The average Bonchev–Trinajstić information content (AvgIpc) is 2.62. The molecular formula is C19H25N5. The second-order valence-corrected chi connectivity index (χ2v) is 7.04. The van der Waals surface area contributed by atoms with Gasteiger partial charge >= 0.3 is 0 Å². The summed E-state index contributed by atoms with van der Waals surface area (Å²) in [4.78, 5) is 13.6. The Kier molecular flexibility index (Phi) is 4.00. The van der Waals surface area contributed by atoms with Crippen LogP contribution in [0.3, 0.4) is 0 Å². The molecule has 2 N–H and O–H groups in total. The van der Waals surface area contributed by atoms with E-state index in [9.17, 15) is 0 Å². The third-order valence-corrected chi connectivity index (χ3v) is 5.36. The molecule has 5 nitrogen and oxygen atoms in total. The topological polar surface area (TPSA) is 58.3 Å². The van der Waals surface area contributed by atoms with Gasteiger partial charge in [0.1, 0.15) is 12.0 Å². The fraction of sp³-hybridized carbons (Fsp3) is 0.474. The largest absolute Gasteiger partial charge is 0.393 e. The lowest BCUT2D eigenvalue weighted by Gasteiger charge is -2.34. The van der Waals surface area contributed by atoms with Gasteiger partial charge in [-0.15, -0.1) is 0 Å². The molecule has 0 atom stereocenters. The van der Waals surface area contributed by atoms with Crippen LogP contribution in [0.4, 0.5) is 17.3 Å². The number of rotatable bonds is 2. The first-order valence-corrected chi connectivity index (χ1v) is 8.89. The van der Waals surface area contributed by atoms with E-state index >= 15 is 0 Å². The molecule has 2 aliphatic heterocycles. The molecule has 0 spiro atoms. The van der Waals surface area contributed by atoms with Crippen LogP contribution in [0.1, 0.15) is 30.9 Å². The average molecular weight is 323 g/mol. The van der Waals surface area contributed by atoms with Gasteiger partial charge < -0.3 is 15.5 Å². The van der Waals surface area contributed by atoms with E-state index in [1.54, 1.807) is 6.33 Å².